The molecule has 0 amide bonds. The number of aryl methyl sites for hydroxylation is 2. The summed E-state index contributed by atoms with van der Waals surface area (Å²) in [5.74, 6) is 1.58. The van der Waals surface area contributed by atoms with Crippen LogP contribution < -0.4 is 10.1 Å². The Morgan fingerprint density at radius 2 is 1.96 bits per heavy atom. The zero-order valence-corrected chi connectivity index (χ0v) is 14.2. The molecule has 0 spiro atoms. The first-order chi connectivity index (χ1) is 11.6. The Morgan fingerprint density at radius 3 is 2.67 bits per heavy atom. The van der Waals surface area contributed by atoms with E-state index in [4.69, 9.17) is 4.74 Å². The van der Waals surface area contributed by atoms with Crippen LogP contribution in [-0.2, 0) is 13.6 Å². The number of pyridine rings is 1. The highest BCUT2D eigenvalue weighted by molar-refractivity contribution is 5.35. The fourth-order valence-electron chi connectivity index (χ4n) is 2.62. The monoisotopic (exact) mass is 322 g/mol. The molecule has 5 heteroatoms. The summed E-state index contributed by atoms with van der Waals surface area (Å²) in [6, 6.07) is 14.0. The van der Waals surface area contributed by atoms with Gasteiger partial charge in [-0.2, -0.15) is 5.10 Å². The van der Waals surface area contributed by atoms with Gasteiger partial charge in [0.25, 0.3) is 0 Å². The van der Waals surface area contributed by atoms with E-state index in [0.717, 1.165) is 28.5 Å². The van der Waals surface area contributed by atoms with Crippen LogP contribution in [0.4, 0.5) is 0 Å². The number of para-hydroxylation sites is 1. The van der Waals surface area contributed by atoms with E-state index in [0.29, 0.717) is 6.54 Å². The van der Waals surface area contributed by atoms with Crippen molar-refractivity contribution < 1.29 is 4.74 Å². The third-order valence-corrected chi connectivity index (χ3v) is 4.02. The number of benzene rings is 1. The Bertz CT molecular complexity index is 784. The van der Waals surface area contributed by atoms with E-state index in [9.17, 15) is 0 Å². The average Bonchev–Trinajstić information content (AvgIpc) is 2.87. The highest BCUT2D eigenvalue weighted by atomic mass is 16.5. The van der Waals surface area contributed by atoms with E-state index >= 15 is 0 Å². The molecule has 0 fully saturated rings. The van der Waals surface area contributed by atoms with Gasteiger partial charge in [-0.15, -0.1) is 0 Å². The molecule has 2 aromatic heterocycles. The van der Waals surface area contributed by atoms with Crippen molar-refractivity contribution in [2.75, 3.05) is 0 Å². The molecule has 1 aromatic carbocycles. The van der Waals surface area contributed by atoms with Gasteiger partial charge in [-0.25, -0.2) is 4.68 Å². The van der Waals surface area contributed by atoms with E-state index in [1.807, 2.05) is 56.6 Å². The number of hydrogen-bond acceptors (Lipinski definition) is 4. The smallest absolute Gasteiger partial charge is 0.222 e. The predicted molar refractivity (Wildman–Crippen MR) is 94.0 cm³/mol. The molecule has 1 N–H and O–H groups in total. The van der Waals surface area contributed by atoms with Gasteiger partial charge in [-0.05, 0) is 37.6 Å². The molecular weight excluding hydrogens is 300 g/mol. The normalized spacial score (nSPS) is 12.1. The lowest BCUT2D eigenvalue weighted by molar-refractivity contribution is 0.422. The van der Waals surface area contributed by atoms with Crippen LogP contribution in [0.2, 0.25) is 0 Å². The van der Waals surface area contributed by atoms with Gasteiger partial charge >= 0.3 is 0 Å². The topological polar surface area (TPSA) is 52.0 Å². The highest BCUT2D eigenvalue weighted by Gasteiger charge is 2.16. The van der Waals surface area contributed by atoms with Crippen molar-refractivity contribution in [3.05, 3.63) is 71.7 Å². The van der Waals surface area contributed by atoms with Crippen LogP contribution in [0.25, 0.3) is 0 Å². The number of nitrogens with zero attached hydrogens (tertiary/aromatic N) is 3. The second kappa shape index (κ2) is 7.27. The molecule has 0 bridgehead atoms. The van der Waals surface area contributed by atoms with E-state index in [2.05, 4.69) is 28.4 Å². The first kappa shape index (κ1) is 16.2. The lowest BCUT2D eigenvalue weighted by Crippen LogP contribution is -2.18. The molecule has 24 heavy (non-hydrogen) atoms. The molecule has 0 saturated heterocycles. The number of nitrogens with one attached hydrogen (secondary N) is 1. The summed E-state index contributed by atoms with van der Waals surface area (Å²) in [5.41, 5.74) is 3.19. The minimum Gasteiger partial charge on any atom is -0.439 e. The average molecular weight is 322 g/mol. The molecule has 1 atom stereocenters. The molecule has 0 aliphatic rings. The lowest BCUT2D eigenvalue weighted by atomic mass is 10.1. The fourth-order valence-corrected chi connectivity index (χ4v) is 2.62. The van der Waals surface area contributed by atoms with Gasteiger partial charge in [0.1, 0.15) is 5.75 Å². The molecule has 124 valence electrons. The van der Waals surface area contributed by atoms with Gasteiger partial charge < -0.3 is 10.1 Å². The molecule has 3 rings (SSSR count). The molecule has 1 unspecified atom stereocenters. The summed E-state index contributed by atoms with van der Waals surface area (Å²) in [6.07, 6.45) is 3.67. The summed E-state index contributed by atoms with van der Waals surface area (Å²) in [7, 11) is 1.90. The minimum absolute atomic E-state index is 0.197. The van der Waals surface area contributed by atoms with E-state index < -0.39 is 0 Å². The molecule has 0 saturated carbocycles. The standard InChI is InChI=1S/C19H22N4O/c1-14(16-8-7-11-20-12-16)21-13-18-15(2)22-23(3)19(18)24-17-9-5-4-6-10-17/h4-12,14,21H,13H2,1-3H3. The Kier molecular flexibility index (Phi) is 4.91. The van der Waals surface area contributed by atoms with Crippen LogP contribution in [0, 0.1) is 6.92 Å². The highest BCUT2D eigenvalue weighted by Crippen LogP contribution is 2.27. The molecule has 0 aliphatic heterocycles. The zero-order valence-electron chi connectivity index (χ0n) is 14.2. The Hall–Kier alpha value is -2.66. The van der Waals surface area contributed by atoms with Crippen molar-refractivity contribution in [2.45, 2.75) is 26.4 Å². The van der Waals surface area contributed by atoms with Crippen LogP contribution in [0.3, 0.4) is 0 Å². The minimum atomic E-state index is 0.197. The number of rotatable bonds is 6. The quantitative estimate of drug-likeness (QED) is 0.750. The van der Waals surface area contributed by atoms with Gasteiger partial charge in [0.05, 0.1) is 11.3 Å². The molecular formula is C19H22N4O. The third-order valence-electron chi connectivity index (χ3n) is 4.02. The molecule has 0 aliphatic carbocycles. The van der Waals surface area contributed by atoms with Gasteiger partial charge in [0.15, 0.2) is 0 Å². The van der Waals surface area contributed by atoms with Gasteiger partial charge in [0, 0.05) is 32.0 Å². The summed E-state index contributed by atoms with van der Waals surface area (Å²) in [4.78, 5) is 4.17. The summed E-state index contributed by atoms with van der Waals surface area (Å²) >= 11 is 0. The van der Waals surface area contributed by atoms with Crippen LogP contribution in [0.1, 0.15) is 29.8 Å². The summed E-state index contributed by atoms with van der Waals surface area (Å²) in [6.45, 7) is 4.81. The first-order valence-electron chi connectivity index (χ1n) is 8.04. The molecule has 2 heterocycles. The fraction of sp³-hybridized carbons (Fsp3) is 0.263. The Labute approximate surface area is 142 Å². The van der Waals surface area contributed by atoms with Crippen LogP contribution in [0.5, 0.6) is 11.6 Å². The Balaban J connectivity index is 1.76. The van der Waals surface area contributed by atoms with Crippen LogP contribution in [0.15, 0.2) is 54.9 Å². The predicted octanol–water partition coefficient (Wildman–Crippen LogP) is 3.77. The first-order valence-corrected chi connectivity index (χ1v) is 8.04. The van der Waals surface area contributed by atoms with Crippen molar-refractivity contribution in [1.29, 1.82) is 0 Å². The van der Waals surface area contributed by atoms with Gasteiger partial charge in [-0.1, -0.05) is 24.3 Å². The van der Waals surface area contributed by atoms with E-state index in [1.54, 1.807) is 10.9 Å². The second-order valence-corrected chi connectivity index (χ2v) is 5.80. The number of aromatic nitrogens is 3. The maximum Gasteiger partial charge on any atom is 0.222 e. The maximum atomic E-state index is 6.05. The lowest BCUT2D eigenvalue weighted by Gasteiger charge is -2.15. The van der Waals surface area contributed by atoms with Crippen molar-refractivity contribution in [3.63, 3.8) is 0 Å². The van der Waals surface area contributed by atoms with Gasteiger partial charge in [0.2, 0.25) is 5.88 Å². The van der Waals surface area contributed by atoms with Crippen LogP contribution in [-0.4, -0.2) is 14.8 Å². The number of ether oxygens (including phenoxy) is 1. The SMILES string of the molecule is Cc1nn(C)c(Oc2ccccc2)c1CNC(C)c1cccnc1. The van der Waals surface area contributed by atoms with Crippen molar-refractivity contribution >= 4 is 0 Å². The molecule has 0 radical (unpaired) electrons. The van der Waals surface area contributed by atoms with Crippen molar-refractivity contribution in [2.24, 2.45) is 7.05 Å². The second-order valence-electron chi connectivity index (χ2n) is 5.80. The summed E-state index contributed by atoms with van der Waals surface area (Å²) in [5, 5.41) is 8.02. The maximum absolute atomic E-state index is 6.05. The molecule has 3 aromatic rings. The van der Waals surface area contributed by atoms with E-state index in [1.165, 1.54) is 0 Å². The van der Waals surface area contributed by atoms with E-state index in [-0.39, 0.29) is 6.04 Å². The third kappa shape index (κ3) is 3.63. The van der Waals surface area contributed by atoms with Gasteiger partial charge in [-0.3, -0.25) is 4.98 Å². The Morgan fingerprint density at radius 1 is 1.17 bits per heavy atom. The largest absolute Gasteiger partial charge is 0.439 e. The van der Waals surface area contributed by atoms with Crippen molar-refractivity contribution in [3.8, 4) is 11.6 Å². The van der Waals surface area contributed by atoms with Crippen LogP contribution >= 0.6 is 0 Å². The van der Waals surface area contributed by atoms with Crippen molar-refractivity contribution in [1.82, 2.24) is 20.1 Å². The number of hydrogen-bond donors (Lipinski definition) is 1. The zero-order chi connectivity index (χ0) is 16.9. The summed E-state index contributed by atoms with van der Waals surface area (Å²) < 4.78 is 7.83. The molecule has 5 nitrogen and oxygen atoms in total.